The highest BCUT2D eigenvalue weighted by Crippen LogP contribution is 2.77. The predicted molar refractivity (Wildman–Crippen MR) is 134 cm³/mol. The van der Waals surface area contributed by atoms with Crippen LogP contribution in [0.25, 0.3) is 0 Å². The van der Waals surface area contributed by atoms with Gasteiger partial charge in [0.1, 0.15) is 0 Å². The van der Waals surface area contributed by atoms with Gasteiger partial charge in [0.15, 0.2) is 0 Å². The fourth-order valence-corrected chi connectivity index (χ4v) is 11.7. The van der Waals surface area contributed by atoms with E-state index in [4.69, 9.17) is 4.74 Å². The van der Waals surface area contributed by atoms with E-state index in [1.54, 1.807) is 7.11 Å². The van der Waals surface area contributed by atoms with Gasteiger partial charge in [-0.05, 0) is 122 Å². The number of methoxy groups -OCH3 is 1. The molecule has 0 spiro atoms. The van der Waals surface area contributed by atoms with Crippen LogP contribution >= 0.6 is 0 Å². The first-order valence-corrected chi connectivity index (χ1v) is 14.2. The molecular weight excluding hydrogens is 424 g/mol. The molecule has 5 aliphatic rings. The Hall–Kier alpha value is -0.610. The third-order valence-corrected chi connectivity index (χ3v) is 13.9. The summed E-state index contributed by atoms with van der Waals surface area (Å²) in [6.45, 7) is 14.5. The first-order valence-electron chi connectivity index (χ1n) is 14.2. The quantitative estimate of drug-likeness (QED) is 0.487. The Bertz CT molecular complexity index is 838. The van der Waals surface area contributed by atoms with Gasteiger partial charge in [0.05, 0.1) is 17.6 Å². The molecule has 0 amide bonds. The zero-order chi connectivity index (χ0) is 24.9. The second-order valence-electron chi connectivity index (χ2n) is 14.7. The maximum Gasteiger partial charge on any atom is 0.309 e. The van der Waals surface area contributed by atoms with Crippen molar-refractivity contribution in [2.24, 2.45) is 56.7 Å². The third kappa shape index (κ3) is 2.88. The largest absolute Gasteiger partial charge is 0.481 e. The fourth-order valence-electron chi connectivity index (χ4n) is 11.7. The van der Waals surface area contributed by atoms with Crippen LogP contribution in [-0.2, 0) is 9.53 Å². The van der Waals surface area contributed by atoms with E-state index in [1.807, 2.05) is 0 Å². The zero-order valence-corrected chi connectivity index (χ0v) is 22.8. The summed E-state index contributed by atoms with van der Waals surface area (Å²) in [5, 5.41) is 21.5. The van der Waals surface area contributed by atoms with E-state index in [2.05, 4.69) is 41.5 Å². The molecule has 0 radical (unpaired) electrons. The number of carboxylic acids is 1. The van der Waals surface area contributed by atoms with Crippen LogP contribution < -0.4 is 0 Å². The molecule has 0 aromatic heterocycles. The zero-order valence-electron chi connectivity index (χ0n) is 22.8. The van der Waals surface area contributed by atoms with Crippen molar-refractivity contribution in [3.63, 3.8) is 0 Å². The summed E-state index contributed by atoms with van der Waals surface area (Å²) in [6.07, 6.45) is 10.5. The molecule has 5 fully saturated rings. The number of aliphatic hydroxyl groups excluding tert-OH is 1. The molecule has 34 heavy (non-hydrogen) atoms. The van der Waals surface area contributed by atoms with Gasteiger partial charge in [-0.25, -0.2) is 0 Å². The minimum atomic E-state index is -0.553. The molecule has 0 aliphatic heterocycles. The van der Waals surface area contributed by atoms with Crippen LogP contribution in [-0.4, -0.2) is 35.5 Å². The third-order valence-electron chi connectivity index (χ3n) is 13.9. The number of carbonyl (C=O) groups is 1. The first-order chi connectivity index (χ1) is 15.8. The van der Waals surface area contributed by atoms with Crippen LogP contribution in [0.15, 0.2) is 0 Å². The Morgan fingerprint density at radius 2 is 1.56 bits per heavy atom. The highest BCUT2D eigenvalue weighted by molar-refractivity contribution is 5.76. The Morgan fingerprint density at radius 3 is 2.21 bits per heavy atom. The molecule has 5 saturated carbocycles. The molecule has 5 aliphatic carbocycles. The molecule has 0 aromatic rings. The van der Waals surface area contributed by atoms with E-state index < -0.39 is 11.4 Å². The summed E-state index contributed by atoms with van der Waals surface area (Å²) in [4.78, 5) is 12.8. The lowest BCUT2D eigenvalue weighted by Crippen LogP contribution is -2.67. The van der Waals surface area contributed by atoms with E-state index in [0.29, 0.717) is 23.7 Å². The van der Waals surface area contributed by atoms with Crippen molar-refractivity contribution in [2.75, 3.05) is 7.11 Å². The van der Waals surface area contributed by atoms with Gasteiger partial charge < -0.3 is 14.9 Å². The molecule has 5 rings (SSSR count). The van der Waals surface area contributed by atoms with Crippen LogP contribution in [0.5, 0.6) is 0 Å². The van der Waals surface area contributed by atoms with E-state index in [1.165, 1.54) is 19.3 Å². The number of fused-ring (bicyclic) bond motifs is 7. The lowest BCUT2D eigenvalue weighted by molar-refractivity contribution is -0.250. The summed E-state index contributed by atoms with van der Waals surface area (Å²) >= 11 is 0. The molecule has 0 aromatic carbocycles. The molecule has 0 heterocycles. The highest BCUT2D eigenvalue weighted by atomic mass is 16.5. The van der Waals surface area contributed by atoms with Gasteiger partial charge in [-0.3, -0.25) is 4.79 Å². The van der Waals surface area contributed by atoms with Crippen molar-refractivity contribution in [1.82, 2.24) is 0 Å². The molecule has 4 heteroatoms. The maximum atomic E-state index is 12.8. The van der Waals surface area contributed by atoms with Gasteiger partial charge in [-0.1, -0.05) is 34.6 Å². The number of hydrogen-bond donors (Lipinski definition) is 2. The van der Waals surface area contributed by atoms with Gasteiger partial charge in [0.2, 0.25) is 0 Å². The molecule has 5 unspecified atom stereocenters. The van der Waals surface area contributed by atoms with Gasteiger partial charge >= 0.3 is 5.97 Å². The molecule has 2 N–H and O–H groups in total. The summed E-state index contributed by atoms with van der Waals surface area (Å²) < 4.78 is 5.86. The van der Waals surface area contributed by atoms with E-state index in [9.17, 15) is 15.0 Å². The molecular formula is C30H50O4. The van der Waals surface area contributed by atoms with Gasteiger partial charge in [0.25, 0.3) is 0 Å². The van der Waals surface area contributed by atoms with Crippen LogP contribution in [0.1, 0.15) is 106 Å². The van der Waals surface area contributed by atoms with Crippen molar-refractivity contribution in [3.05, 3.63) is 0 Å². The minimum Gasteiger partial charge on any atom is -0.481 e. The Morgan fingerprint density at radius 1 is 0.853 bits per heavy atom. The number of aliphatic carboxylic acids is 1. The van der Waals surface area contributed by atoms with Crippen LogP contribution in [0.3, 0.4) is 0 Å². The molecule has 0 saturated heterocycles. The number of rotatable bonds is 3. The maximum absolute atomic E-state index is 12.8. The normalized spacial score (nSPS) is 54.8. The molecule has 4 nitrogen and oxygen atoms in total. The SMILES string of the molecule is COC(C)[C@@H]1CC[C@]2(C(=O)O)CC[C@]3(C)C(CCC4[C@@]5(C)CC[C@H](O)C(C)(C)C5CC[C@]43C)C12. The smallest absolute Gasteiger partial charge is 0.309 e. The Kier molecular flexibility index (Phi) is 5.67. The average Bonchev–Trinajstić information content (AvgIpc) is 3.18. The lowest BCUT2D eigenvalue weighted by atomic mass is 9.32. The van der Waals surface area contributed by atoms with Crippen molar-refractivity contribution in [2.45, 2.75) is 118 Å². The second kappa shape index (κ2) is 7.70. The monoisotopic (exact) mass is 474 g/mol. The van der Waals surface area contributed by atoms with Gasteiger partial charge in [-0.2, -0.15) is 0 Å². The number of carboxylic acid groups (broad SMARTS) is 1. The number of ether oxygens (including phenoxy) is 1. The van der Waals surface area contributed by atoms with Crippen molar-refractivity contribution >= 4 is 5.97 Å². The second-order valence-corrected chi connectivity index (χ2v) is 14.7. The van der Waals surface area contributed by atoms with Crippen molar-refractivity contribution in [3.8, 4) is 0 Å². The lowest BCUT2D eigenvalue weighted by Gasteiger charge is -2.72. The fraction of sp³-hybridized carbons (Fsp3) is 0.967. The predicted octanol–water partition coefficient (Wildman–Crippen LogP) is 6.55. The molecule has 0 bridgehead atoms. The highest BCUT2D eigenvalue weighted by Gasteiger charge is 2.72. The Labute approximate surface area is 207 Å². The standard InChI is InChI=1S/C30H50O4/c1-18(34-7)19-10-15-30(25(32)33)17-16-28(5)20(24(19)30)8-9-22-27(4)13-12-23(31)26(2,3)21(27)11-14-29(22,28)6/h18-24,31H,8-17H2,1-7H3,(H,32,33)/t18?,19-,20?,21?,22?,23-,24?,27-,28+,29+,30-/m0/s1. The first kappa shape index (κ1) is 25.1. The van der Waals surface area contributed by atoms with Crippen LogP contribution in [0.4, 0.5) is 0 Å². The summed E-state index contributed by atoms with van der Waals surface area (Å²) in [6, 6.07) is 0. The summed E-state index contributed by atoms with van der Waals surface area (Å²) in [5.74, 6) is 1.72. The number of hydrogen-bond acceptors (Lipinski definition) is 3. The summed E-state index contributed by atoms with van der Waals surface area (Å²) in [7, 11) is 1.80. The van der Waals surface area contributed by atoms with Crippen LogP contribution in [0, 0.1) is 56.7 Å². The van der Waals surface area contributed by atoms with Crippen LogP contribution in [0.2, 0.25) is 0 Å². The number of aliphatic hydroxyl groups is 1. The molecule has 194 valence electrons. The van der Waals surface area contributed by atoms with E-state index >= 15 is 0 Å². The average molecular weight is 475 g/mol. The van der Waals surface area contributed by atoms with Gasteiger partial charge in [-0.15, -0.1) is 0 Å². The van der Waals surface area contributed by atoms with Crippen molar-refractivity contribution in [1.29, 1.82) is 0 Å². The topological polar surface area (TPSA) is 66.8 Å². The van der Waals surface area contributed by atoms with E-state index in [0.717, 1.165) is 44.9 Å². The van der Waals surface area contributed by atoms with Gasteiger partial charge in [0, 0.05) is 7.11 Å². The Balaban J connectivity index is 1.55. The molecule has 11 atom stereocenters. The minimum absolute atomic E-state index is 0.0262. The van der Waals surface area contributed by atoms with Crippen molar-refractivity contribution < 1.29 is 19.7 Å². The summed E-state index contributed by atoms with van der Waals surface area (Å²) in [5.41, 5.74) is 0.0851. The van der Waals surface area contributed by atoms with E-state index in [-0.39, 0.29) is 39.8 Å².